The van der Waals surface area contributed by atoms with Crippen molar-refractivity contribution in [2.24, 2.45) is 0 Å². The second-order valence-corrected chi connectivity index (χ2v) is 6.90. The number of benzene rings is 1. The van der Waals surface area contributed by atoms with Crippen molar-refractivity contribution in [2.45, 2.75) is 32.5 Å². The van der Waals surface area contributed by atoms with E-state index in [1.807, 2.05) is 4.90 Å². The van der Waals surface area contributed by atoms with E-state index >= 15 is 0 Å². The topological polar surface area (TPSA) is 117 Å². The van der Waals surface area contributed by atoms with Crippen molar-refractivity contribution >= 4 is 5.78 Å². The molecule has 3 aromatic rings. The van der Waals surface area contributed by atoms with Crippen LogP contribution in [0.15, 0.2) is 35.3 Å². The summed E-state index contributed by atoms with van der Waals surface area (Å²) in [5.41, 5.74) is 0.718. The Labute approximate surface area is 164 Å². The number of rotatable bonds is 6. The fourth-order valence-electron chi connectivity index (χ4n) is 3.35. The minimum atomic E-state index is -0.622. The molecule has 0 unspecified atom stereocenters. The van der Waals surface area contributed by atoms with E-state index in [1.54, 1.807) is 18.3 Å². The monoisotopic (exact) mass is 398 g/mol. The third-order valence-corrected chi connectivity index (χ3v) is 4.90. The van der Waals surface area contributed by atoms with Crippen molar-refractivity contribution in [3.63, 3.8) is 0 Å². The van der Waals surface area contributed by atoms with Crippen molar-refractivity contribution in [3.05, 3.63) is 69.4 Å². The molecule has 4 rings (SSSR count). The smallest absolute Gasteiger partial charge is 0.296 e. The minimum absolute atomic E-state index is 0.0533. The van der Waals surface area contributed by atoms with Gasteiger partial charge in [-0.1, -0.05) is 12.1 Å². The highest BCUT2D eigenvalue weighted by atomic mass is 19.1. The molecular weight excluding hydrogens is 379 g/mol. The first kappa shape index (κ1) is 18.9. The minimum Gasteiger partial charge on any atom is -0.501 e. The number of fused-ring (bicyclic) bond motifs is 1. The number of ketones is 1. The highest BCUT2D eigenvalue weighted by molar-refractivity contribution is 5.96. The third kappa shape index (κ3) is 4.06. The molecular formula is C19H19FN6O3. The number of nitrogens with one attached hydrogen (secondary N) is 1. The Hall–Kier alpha value is -3.40. The summed E-state index contributed by atoms with van der Waals surface area (Å²) in [6.45, 7) is 1.82. The Kier molecular flexibility index (Phi) is 5.17. The molecule has 1 aliphatic heterocycles. The van der Waals surface area contributed by atoms with Crippen molar-refractivity contribution in [1.82, 2.24) is 29.9 Å². The molecule has 1 aliphatic rings. The van der Waals surface area contributed by atoms with Gasteiger partial charge in [0.25, 0.3) is 5.56 Å². The van der Waals surface area contributed by atoms with Crippen molar-refractivity contribution < 1.29 is 14.3 Å². The van der Waals surface area contributed by atoms with Crippen LogP contribution < -0.4 is 5.56 Å². The molecule has 2 N–H and O–H groups in total. The number of aromatic amines is 1. The summed E-state index contributed by atoms with van der Waals surface area (Å²) in [6, 6.07) is 5.84. The lowest BCUT2D eigenvalue weighted by Gasteiger charge is -2.28. The molecule has 0 saturated heterocycles. The van der Waals surface area contributed by atoms with Crippen LogP contribution in [0.25, 0.3) is 0 Å². The lowest BCUT2D eigenvalue weighted by atomic mass is 10.1. The average Bonchev–Trinajstić information content (AvgIpc) is 3.23. The lowest BCUT2D eigenvalue weighted by molar-refractivity contribution is 0.0972. The maximum absolute atomic E-state index is 13.0. The number of aryl methyl sites for hydroxylation is 1. The third-order valence-electron chi connectivity index (χ3n) is 4.90. The molecule has 29 heavy (non-hydrogen) atoms. The Bertz CT molecular complexity index is 1080. The molecule has 0 radical (unpaired) electrons. The Balaban J connectivity index is 1.52. The molecule has 0 amide bonds. The number of nitrogens with zero attached hydrogens (tertiary/aromatic N) is 5. The van der Waals surface area contributed by atoms with Crippen LogP contribution in [0.3, 0.4) is 0 Å². The fraction of sp³-hybridized carbons (Fsp3) is 0.316. The van der Waals surface area contributed by atoms with Crippen LogP contribution in [0, 0.1) is 5.82 Å². The zero-order valence-corrected chi connectivity index (χ0v) is 15.5. The van der Waals surface area contributed by atoms with E-state index in [0.717, 1.165) is 11.3 Å². The standard InChI is InChI=1S/C19H19FN6O3/c20-13-4-1-12(2-5-13)3-6-15(27)17-18(28)19(29)26-8-7-25(11-16(26)22-17)10-14-9-21-24-23-14/h1-2,4-5,9,28H,3,6-8,10-11H2,(H,21,23,24). The van der Waals surface area contributed by atoms with Gasteiger partial charge in [0.15, 0.2) is 11.5 Å². The molecule has 0 atom stereocenters. The summed E-state index contributed by atoms with van der Waals surface area (Å²) < 4.78 is 14.4. The van der Waals surface area contributed by atoms with E-state index in [9.17, 15) is 19.1 Å². The van der Waals surface area contributed by atoms with Crippen LogP contribution >= 0.6 is 0 Å². The van der Waals surface area contributed by atoms with Crippen LogP contribution in [0.2, 0.25) is 0 Å². The number of hydrogen-bond acceptors (Lipinski definition) is 7. The van der Waals surface area contributed by atoms with Crippen molar-refractivity contribution in [2.75, 3.05) is 6.54 Å². The van der Waals surface area contributed by atoms with Gasteiger partial charge < -0.3 is 5.11 Å². The number of H-pyrrole nitrogens is 1. The predicted molar refractivity (Wildman–Crippen MR) is 99.7 cm³/mol. The fourth-order valence-corrected chi connectivity index (χ4v) is 3.35. The van der Waals surface area contributed by atoms with Gasteiger partial charge in [0.1, 0.15) is 11.6 Å². The van der Waals surface area contributed by atoms with Crippen LogP contribution in [0.1, 0.15) is 34.0 Å². The summed E-state index contributed by atoms with van der Waals surface area (Å²) in [6.07, 6.45) is 2.03. The van der Waals surface area contributed by atoms with Gasteiger partial charge in [0, 0.05) is 26.1 Å². The number of carbonyl (C=O) groups is 1. The molecule has 1 aromatic carbocycles. The summed E-state index contributed by atoms with van der Waals surface area (Å²) in [7, 11) is 0. The summed E-state index contributed by atoms with van der Waals surface area (Å²) >= 11 is 0. The maximum Gasteiger partial charge on any atom is 0.296 e. The summed E-state index contributed by atoms with van der Waals surface area (Å²) in [5, 5.41) is 20.6. The molecule has 3 heterocycles. The Morgan fingerprint density at radius 2 is 2.03 bits per heavy atom. The molecule has 0 spiro atoms. The summed E-state index contributed by atoms with van der Waals surface area (Å²) in [5.74, 6) is -0.978. The van der Waals surface area contributed by atoms with Crippen LogP contribution in [0.4, 0.5) is 4.39 Å². The zero-order valence-electron chi connectivity index (χ0n) is 15.5. The van der Waals surface area contributed by atoms with Gasteiger partial charge in [-0.2, -0.15) is 15.4 Å². The quantitative estimate of drug-likeness (QED) is 0.596. The normalized spacial score (nSPS) is 14.0. The molecule has 0 aliphatic carbocycles. The second kappa shape index (κ2) is 7.92. The molecule has 0 fully saturated rings. The van der Waals surface area contributed by atoms with E-state index < -0.39 is 17.1 Å². The number of aromatic hydroxyl groups is 1. The molecule has 10 heteroatoms. The van der Waals surface area contributed by atoms with E-state index in [4.69, 9.17) is 0 Å². The lowest BCUT2D eigenvalue weighted by Crippen LogP contribution is -2.40. The first-order valence-electron chi connectivity index (χ1n) is 9.18. The highest BCUT2D eigenvalue weighted by Gasteiger charge is 2.25. The average molecular weight is 398 g/mol. The summed E-state index contributed by atoms with van der Waals surface area (Å²) in [4.78, 5) is 31.4. The maximum atomic E-state index is 13.0. The predicted octanol–water partition coefficient (Wildman–Crippen LogP) is 1.04. The molecule has 2 aromatic heterocycles. The van der Waals surface area contributed by atoms with Gasteiger partial charge in [0.05, 0.1) is 18.4 Å². The van der Waals surface area contributed by atoms with Gasteiger partial charge in [-0.25, -0.2) is 9.37 Å². The Morgan fingerprint density at radius 1 is 1.24 bits per heavy atom. The van der Waals surface area contributed by atoms with Gasteiger partial charge in [0.2, 0.25) is 5.75 Å². The van der Waals surface area contributed by atoms with E-state index in [2.05, 4.69) is 20.4 Å². The largest absolute Gasteiger partial charge is 0.501 e. The number of hydrogen-bond donors (Lipinski definition) is 2. The number of halogens is 1. The van der Waals surface area contributed by atoms with Gasteiger partial charge in [-0.15, -0.1) is 0 Å². The molecule has 0 saturated carbocycles. The molecule has 150 valence electrons. The van der Waals surface area contributed by atoms with Crippen LogP contribution in [-0.4, -0.2) is 47.3 Å². The van der Waals surface area contributed by atoms with E-state index in [-0.39, 0.29) is 17.9 Å². The van der Waals surface area contributed by atoms with Crippen molar-refractivity contribution in [3.8, 4) is 5.75 Å². The molecule has 0 bridgehead atoms. The SMILES string of the molecule is O=C(CCc1ccc(F)cc1)c1nc2n(c(=O)c1O)CCN(Cc1cn[nH]n1)C2. The number of aromatic nitrogens is 5. The van der Waals surface area contributed by atoms with Crippen LogP contribution in [0.5, 0.6) is 5.75 Å². The number of Topliss-reactive ketones (excluding diaryl/α,β-unsaturated/α-hetero) is 1. The van der Waals surface area contributed by atoms with Crippen LogP contribution in [-0.2, 0) is 26.1 Å². The number of carbonyl (C=O) groups excluding carboxylic acids is 1. The van der Waals surface area contributed by atoms with Gasteiger partial charge >= 0.3 is 0 Å². The van der Waals surface area contributed by atoms with E-state index in [0.29, 0.717) is 38.4 Å². The Morgan fingerprint density at radius 3 is 2.76 bits per heavy atom. The second-order valence-electron chi connectivity index (χ2n) is 6.90. The van der Waals surface area contributed by atoms with Gasteiger partial charge in [-0.05, 0) is 24.1 Å². The first-order valence-corrected chi connectivity index (χ1v) is 9.18. The zero-order chi connectivity index (χ0) is 20.4. The highest BCUT2D eigenvalue weighted by Crippen LogP contribution is 2.18. The van der Waals surface area contributed by atoms with E-state index in [1.165, 1.54) is 16.7 Å². The molecule has 9 nitrogen and oxygen atoms in total. The van der Waals surface area contributed by atoms with Gasteiger partial charge in [-0.3, -0.25) is 19.1 Å². The van der Waals surface area contributed by atoms with Crippen molar-refractivity contribution in [1.29, 1.82) is 0 Å². The first-order chi connectivity index (χ1) is 14.0.